The molecule has 1 saturated heterocycles. The van der Waals surface area contributed by atoms with Gasteiger partial charge in [-0.05, 0) is 98.4 Å². The topological polar surface area (TPSA) is 88.5 Å². The fourth-order valence-corrected chi connectivity index (χ4v) is 5.64. The Bertz CT molecular complexity index is 1570. The van der Waals surface area contributed by atoms with E-state index in [-0.39, 0.29) is 36.2 Å². The van der Waals surface area contributed by atoms with Crippen molar-refractivity contribution < 1.29 is 18.7 Å². The van der Waals surface area contributed by atoms with Crippen LogP contribution < -0.4 is 10.6 Å². The highest BCUT2D eigenvalue weighted by molar-refractivity contribution is 7.80. The van der Waals surface area contributed by atoms with E-state index in [4.69, 9.17) is 17.0 Å². The number of rotatable bonds is 8. The van der Waals surface area contributed by atoms with Gasteiger partial charge in [-0.1, -0.05) is 6.07 Å². The number of aryl methyl sites for hydroxylation is 1. The van der Waals surface area contributed by atoms with Gasteiger partial charge in [-0.3, -0.25) is 9.78 Å². The van der Waals surface area contributed by atoms with Crippen LogP contribution in [0.25, 0.3) is 5.69 Å². The van der Waals surface area contributed by atoms with Gasteiger partial charge in [0.05, 0.1) is 30.5 Å². The average molecular weight is 572 g/mol. The van der Waals surface area contributed by atoms with Crippen LogP contribution in [0.5, 0.6) is 0 Å². The Hall–Kier alpha value is -4.57. The van der Waals surface area contributed by atoms with E-state index in [2.05, 4.69) is 26.3 Å². The molecule has 0 radical (unpaired) electrons. The van der Waals surface area contributed by atoms with Gasteiger partial charge < -0.3 is 24.8 Å². The third-order valence-corrected chi connectivity index (χ3v) is 7.59. The fraction of sp³-hybridized carbons (Fsp3) is 0.226. The van der Waals surface area contributed by atoms with Crippen LogP contribution >= 0.6 is 12.2 Å². The minimum absolute atomic E-state index is 0.179. The number of halogens is 1. The number of pyridine rings is 1. The molecule has 5 rings (SSSR count). The van der Waals surface area contributed by atoms with Gasteiger partial charge in [-0.15, -0.1) is 0 Å². The molecule has 0 spiro atoms. The number of hydrogen-bond acceptors (Lipinski definition) is 5. The first-order valence-electron chi connectivity index (χ1n) is 13.2. The summed E-state index contributed by atoms with van der Waals surface area (Å²) in [6, 6.07) is 20.4. The van der Waals surface area contributed by atoms with Crippen LogP contribution in [-0.2, 0) is 9.53 Å². The van der Waals surface area contributed by atoms with Gasteiger partial charge in [-0.2, -0.15) is 0 Å². The summed E-state index contributed by atoms with van der Waals surface area (Å²) in [7, 11) is 1.36. The number of ether oxygens (including phenoxy) is 1. The van der Waals surface area contributed by atoms with Crippen LogP contribution in [-0.4, -0.2) is 45.1 Å². The Kier molecular flexibility index (Phi) is 8.11. The second-order valence-electron chi connectivity index (χ2n) is 9.83. The SMILES string of the molecule is COC(=O)c1ccc(-n2c(C)cc([C@@H]3[C@@H](c4ccccn4)NC(=S)N3CCC(=O)Nc3ccc(F)cc3)c2C)cc1. The number of anilines is 1. The van der Waals surface area contributed by atoms with Crippen molar-refractivity contribution in [2.75, 3.05) is 19.0 Å². The summed E-state index contributed by atoms with van der Waals surface area (Å²) >= 11 is 5.78. The third kappa shape index (κ3) is 5.83. The highest BCUT2D eigenvalue weighted by Crippen LogP contribution is 2.41. The lowest BCUT2D eigenvalue weighted by Crippen LogP contribution is -2.32. The number of carbonyl (C=O) groups is 2. The number of esters is 1. The lowest BCUT2D eigenvalue weighted by Gasteiger charge is -2.28. The predicted molar refractivity (Wildman–Crippen MR) is 158 cm³/mol. The Morgan fingerprint density at radius 1 is 1.07 bits per heavy atom. The Labute approximate surface area is 243 Å². The van der Waals surface area contributed by atoms with E-state index in [1.165, 1.54) is 31.4 Å². The molecule has 3 heterocycles. The number of benzene rings is 2. The predicted octanol–water partition coefficient (Wildman–Crippen LogP) is 5.42. The minimum atomic E-state index is -0.388. The van der Waals surface area contributed by atoms with E-state index in [9.17, 15) is 14.0 Å². The molecule has 1 aliphatic rings. The number of aromatic nitrogens is 2. The first kappa shape index (κ1) is 28.0. The van der Waals surface area contributed by atoms with E-state index < -0.39 is 0 Å². The van der Waals surface area contributed by atoms with Crippen molar-refractivity contribution in [3.05, 3.63) is 113 Å². The zero-order valence-electron chi connectivity index (χ0n) is 22.9. The molecule has 0 saturated carbocycles. The van der Waals surface area contributed by atoms with Crippen LogP contribution in [0.15, 0.2) is 79.0 Å². The minimum Gasteiger partial charge on any atom is -0.465 e. The third-order valence-electron chi connectivity index (χ3n) is 7.24. The first-order chi connectivity index (χ1) is 19.8. The van der Waals surface area contributed by atoms with Crippen molar-refractivity contribution in [3.63, 3.8) is 0 Å². The maximum atomic E-state index is 13.3. The summed E-state index contributed by atoms with van der Waals surface area (Å²) in [5.74, 6) is -0.950. The maximum absolute atomic E-state index is 13.3. The molecule has 8 nitrogen and oxygen atoms in total. The molecule has 10 heteroatoms. The zero-order valence-corrected chi connectivity index (χ0v) is 23.7. The zero-order chi connectivity index (χ0) is 29.1. The van der Waals surface area contributed by atoms with Gasteiger partial charge in [-0.25, -0.2) is 9.18 Å². The normalized spacial score (nSPS) is 16.4. The van der Waals surface area contributed by atoms with Gasteiger partial charge >= 0.3 is 5.97 Å². The molecule has 0 unspecified atom stereocenters. The monoisotopic (exact) mass is 571 g/mol. The molecule has 1 aliphatic heterocycles. The molecular formula is C31H30FN5O3S. The lowest BCUT2D eigenvalue weighted by molar-refractivity contribution is -0.116. The molecule has 210 valence electrons. The van der Waals surface area contributed by atoms with Gasteiger partial charge in [0.2, 0.25) is 5.91 Å². The maximum Gasteiger partial charge on any atom is 0.337 e. The highest BCUT2D eigenvalue weighted by Gasteiger charge is 2.41. The van der Waals surface area contributed by atoms with Gasteiger partial charge in [0.25, 0.3) is 0 Å². The van der Waals surface area contributed by atoms with Crippen molar-refractivity contribution in [3.8, 4) is 5.69 Å². The summed E-state index contributed by atoms with van der Waals surface area (Å²) in [5.41, 5.74) is 5.81. The summed E-state index contributed by atoms with van der Waals surface area (Å²) in [5, 5.41) is 6.79. The number of amides is 1. The second-order valence-corrected chi connectivity index (χ2v) is 10.2. The smallest absolute Gasteiger partial charge is 0.337 e. The molecular weight excluding hydrogens is 541 g/mol. The molecule has 2 atom stereocenters. The molecule has 0 bridgehead atoms. The molecule has 2 aromatic carbocycles. The van der Waals surface area contributed by atoms with Crippen molar-refractivity contribution in [1.29, 1.82) is 0 Å². The van der Waals surface area contributed by atoms with Crippen LogP contribution in [0.4, 0.5) is 10.1 Å². The number of methoxy groups -OCH3 is 1. The Balaban J connectivity index is 1.45. The number of carbonyl (C=O) groups excluding carboxylic acids is 2. The molecule has 4 aromatic rings. The van der Waals surface area contributed by atoms with Crippen molar-refractivity contribution in [1.82, 2.24) is 19.8 Å². The first-order valence-corrected chi connectivity index (χ1v) is 13.6. The standard InChI is InChI=1S/C31H30FN5O3S/c1-19-18-25(20(2)37(19)24-13-7-21(8-14-24)30(39)40-3)29-28(26-6-4-5-16-33-26)35-31(41)36(29)17-15-27(38)34-23-11-9-22(32)10-12-23/h4-14,16,18,28-29H,15,17H2,1-3H3,(H,34,38)(H,35,41)/t28-,29-/m1/s1. The van der Waals surface area contributed by atoms with E-state index in [0.29, 0.717) is 22.9 Å². The van der Waals surface area contributed by atoms with Crippen molar-refractivity contribution >= 4 is 34.9 Å². The highest BCUT2D eigenvalue weighted by atomic mass is 32.1. The lowest BCUT2D eigenvalue weighted by atomic mass is 9.96. The van der Waals surface area contributed by atoms with E-state index in [1.807, 2.05) is 49.1 Å². The molecule has 0 aliphatic carbocycles. The average Bonchev–Trinajstić information content (AvgIpc) is 3.47. The fourth-order valence-electron chi connectivity index (χ4n) is 5.31. The molecule has 2 N–H and O–H groups in total. The second kappa shape index (κ2) is 11.9. The molecule has 2 aromatic heterocycles. The van der Waals surface area contributed by atoms with Crippen LogP contribution in [0.1, 0.15) is 51.5 Å². The Morgan fingerprint density at radius 3 is 2.46 bits per heavy atom. The number of thiocarbonyl (C=S) groups is 1. The number of hydrogen-bond donors (Lipinski definition) is 2. The van der Waals surface area contributed by atoms with Crippen molar-refractivity contribution in [2.45, 2.75) is 32.4 Å². The Morgan fingerprint density at radius 2 is 1.80 bits per heavy atom. The number of nitrogens with zero attached hydrogens (tertiary/aromatic N) is 3. The molecule has 1 amide bonds. The summed E-state index contributed by atoms with van der Waals surface area (Å²) in [6.45, 7) is 4.44. The summed E-state index contributed by atoms with van der Waals surface area (Å²) in [6.07, 6.45) is 1.93. The largest absolute Gasteiger partial charge is 0.465 e. The quantitative estimate of drug-likeness (QED) is 0.216. The summed E-state index contributed by atoms with van der Waals surface area (Å²) < 4.78 is 20.2. The molecule has 41 heavy (non-hydrogen) atoms. The van der Waals surface area contributed by atoms with Crippen molar-refractivity contribution in [2.24, 2.45) is 0 Å². The van der Waals surface area contributed by atoms with Crippen LogP contribution in [0, 0.1) is 19.7 Å². The van der Waals surface area contributed by atoms with Crippen LogP contribution in [0.2, 0.25) is 0 Å². The van der Waals surface area contributed by atoms with E-state index in [1.54, 1.807) is 18.3 Å². The van der Waals surface area contributed by atoms with Gasteiger partial charge in [0.15, 0.2) is 5.11 Å². The molecule has 1 fully saturated rings. The van der Waals surface area contributed by atoms with Gasteiger partial charge in [0, 0.05) is 41.9 Å². The summed E-state index contributed by atoms with van der Waals surface area (Å²) in [4.78, 5) is 31.4. The van der Waals surface area contributed by atoms with E-state index in [0.717, 1.165) is 28.3 Å². The van der Waals surface area contributed by atoms with Crippen LogP contribution in [0.3, 0.4) is 0 Å². The number of nitrogens with one attached hydrogen (secondary N) is 2. The van der Waals surface area contributed by atoms with E-state index >= 15 is 0 Å². The van der Waals surface area contributed by atoms with Gasteiger partial charge in [0.1, 0.15) is 5.82 Å².